The first-order valence-corrected chi connectivity index (χ1v) is 8.12. The number of aliphatic imine (C=N–C) groups is 1. The molecule has 1 heterocycles. The molecular weight excluding hydrogens is 276 g/mol. The summed E-state index contributed by atoms with van der Waals surface area (Å²) >= 11 is 0. The third-order valence-electron chi connectivity index (χ3n) is 3.79. The first kappa shape index (κ1) is 16.3. The highest BCUT2D eigenvalue weighted by molar-refractivity contribution is 5.90. The van der Waals surface area contributed by atoms with Gasteiger partial charge < -0.3 is 16.0 Å². The Hall–Kier alpha value is -2.04. The van der Waals surface area contributed by atoms with Crippen molar-refractivity contribution in [1.29, 1.82) is 0 Å². The Kier molecular flexibility index (Phi) is 6.25. The zero-order valence-electron chi connectivity index (χ0n) is 13.3. The molecule has 0 aliphatic carbocycles. The zero-order chi connectivity index (χ0) is 15.8. The lowest BCUT2D eigenvalue weighted by molar-refractivity contribution is -0.116. The largest absolute Gasteiger partial charge is 0.370 e. The number of nitrogens with two attached hydrogens (primary N) is 1. The van der Waals surface area contributed by atoms with Crippen molar-refractivity contribution in [3.8, 4) is 0 Å². The first-order chi connectivity index (χ1) is 10.7. The van der Waals surface area contributed by atoms with Crippen LogP contribution in [-0.2, 0) is 11.3 Å². The lowest BCUT2D eigenvalue weighted by Gasteiger charge is -2.27. The standard InChI is InChI=1S/C17H26N4O/c1-2-7-16(22)20-15-9-6-8-14(12-15)13-19-17(18)21-10-4-3-5-11-21/h6,8-9,12H,2-5,7,10-11,13H2,1H3,(H2,18,19)(H,20,22). The summed E-state index contributed by atoms with van der Waals surface area (Å²) in [4.78, 5) is 18.3. The predicted octanol–water partition coefficient (Wildman–Crippen LogP) is 2.73. The number of likely N-dealkylation sites (tertiary alicyclic amines) is 1. The number of benzene rings is 1. The van der Waals surface area contributed by atoms with Crippen molar-refractivity contribution in [2.24, 2.45) is 10.7 Å². The molecule has 0 aromatic heterocycles. The molecule has 1 aliphatic heterocycles. The Bertz CT molecular complexity index is 521. The van der Waals surface area contributed by atoms with Crippen LogP contribution < -0.4 is 11.1 Å². The molecular formula is C17H26N4O. The second-order valence-electron chi connectivity index (χ2n) is 5.72. The number of carbonyl (C=O) groups excluding carboxylic acids is 1. The minimum atomic E-state index is 0.0518. The summed E-state index contributed by atoms with van der Waals surface area (Å²) in [6.45, 7) is 4.54. The monoisotopic (exact) mass is 302 g/mol. The van der Waals surface area contributed by atoms with Crippen molar-refractivity contribution < 1.29 is 4.79 Å². The van der Waals surface area contributed by atoms with E-state index in [1.807, 2.05) is 31.2 Å². The molecule has 120 valence electrons. The van der Waals surface area contributed by atoms with Gasteiger partial charge >= 0.3 is 0 Å². The van der Waals surface area contributed by atoms with E-state index in [9.17, 15) is 4.79 Å². The van der Waals surface area contributed by atoms with Gasteiger partial charge in [0.05, 0.1) is 6.54 Å². The molecule has 0 spiro atoms. The van der Waals surface area contributed by atoms with Gasteiger partial charge in [0.25, 0.3) is 0 Å². The fraction of sp³-hybridized carbons (Fsp3) is 0.529. The van der Waals surface area contributed by atoms with Gasteiger partial charge in [-0.15, -0.1) is 0 Å². The van der Waals surface area contributed by atoms with Crippen molar-refractivity contribution in [1.82, 2.24) is 4.90 Å². The topological polar surface area (TPSA) is 70.7 Å². The maximum Gasteiger partial charge on any atom is 0.224 e. The summed E-state index contributed by atoms with van der Waals surface area (Å²) in [6, 6.07) is 7.79. The average Bonchev–Trinajstić information content (AvgIpc) is 2.54. The van der Waals surface area contributed by atoms with Gasteiger partial charge in [0.2, 0.25) is 5.91 Å². The van der Waals surface area contributed by atoms with E-state index in [1.165, 1.54) is 19.3 Å². The number of rotatable bonds is 5. The normalized spacial score (nSPS) is 15.7. The SMILES string of the molecule is CCCC(=O)Nc1cccc(CN=C(N)N2CCCCC2)c1. The lowest BCUT2D eigenvalue weighted by atomic mass is 10.1. The van der Waals surface area contributed by atoms with E-state index in [4.69, 9.17) is 5.73 Å². The van der Waals surface area contributed by atoms with Gasteiger partial charge in [0.15, 0.2) is 5.96 Å². The minimum absolute atomic E-state index is 0.0518. The number of hydrogen-bond donors (Lipinski definition) is 2. The molecule has 5 nitrogen and oxygen atoms in total. The second-order valence-corrected chi connectivity index (χ2v) is 5.72. The van der Waals surface area contributed by atoms with E-state index in [-0.39, 0.29) is 5.91 Å². The number of nitrogens with zero attached hydrogens (tertiary/aromatic N) is 2. The van der Waals surface area contributed by atoms with Crippen molar-refractivity contribution >= 4 is 17.6 Å². The summed E-state index contributed by atoms with van der Waals surface area (Å²) in [7, 11) is 0. The van der Waals surface area contributed by atoms with Gasteiger partial charge in [0.1, 0.15) is 0 Å². The lowest BCUT2D eigenvalue weighted by Crippen LogP contribution is -2.40. The minimum Gasteiger partial charge on any atom is -0.370 e. The van der Waals surface area contributed by atoms with Gasteiger partial charge in [-0.1, -0.05) is 19.1 Å². The van der Waals surface area contributed by atoms with Crippen molar-refractivity contribution in [3.63, 3.8) is 0 Å². The Morgan fingerprint density at radius 2 is 2.09 bits per heavy atom. The smallest absolute Gasteiger partial charge is 0.224 e. The third-order valence-corrected chi connectivity index (χ3v) is 3.79. The third kappa shape index (κ3) is 5.06. The Morgan fingerprint density at radius 3 is 2.82 bits per heavy atom. The van der Waals surface area contributed by atoms with Gasteiger partial charge in [0, 0.05) is 25.2 Å². The quantitative estimate of drug-likeness (QED) is 0.649. The highest BCUT2D eigenvalue weighted by Gasteiger charge is 2.11. The van der Waals surface area contributed by atoms with Gasteiger partial charge in [-0.2, -0.15) is 0 Å². The van der Waals surface area contributed by atoms with Crippen LogP contribution in [0.15, 0.2) is 29.3 Å². The summed E-state index contributed by atoms with van der Waals surface area (Å²) in [5.74, 6) is 0.677. The maximum absolute atomic E-state index is 11.6. The second kappa shape index (κ2) is 8.41. The number of anilines is 1. The molecule has 0 bridgehead atoms. The molecule has 0 radical (unpaired) electrons. The van der Waals surface area contributed by atoms with E-state index in [1.54, 1.807) is 0 Å². The molecule has 1 amide bonds. The fourth-order valence-electron chi connectivity index (χ4n) is 2.59. The van der Waals surface area contributed by atoms with E-state index >= 15 is 0 Å². The molecule has 0 unspecified atom stereocenters. The van der Waals surface area contributed by atoms with Crippen LogP contribution in [-0.4, -0.2) is 29.9 Å². The van der Waals surface area contributed by atoms with E-state index in [2.05, 4.69) is 15.2 Å². The van der Waals surface area contributed by atoms with E-state index < -0.39 is 0 Å². The number of piperidine rings is 1. The Labute approximate surface area is 132 Å². The summed E-state index contributed by atoms with van der Waals surface area (Å²) in [5.41, 5.74) is 7.93. The van der Waals surface area contributed by atoms with Gasteiger partial charge in [-0.25, -0.2) is 4.99 Å². The summed E-state index contributed by atoms with van der Waals surface area (Å²) < 4.78 is 0. The molecule has 1 aliphatic rings. The number of carbonyl (C=O) groups is 1. The maximum atomic E-state index is 11.6. The highest BCUT2D eigenvalue weighted by atomic mass is 16.1. The average molecular weight is 302 g/mol. The molecule has 2 rings (SSSR count). The zero-order valence-corrected chi connectivity index (χ0v) is 13.3. The number of amides is 1. The van der Waals surface area contributed by atoms with Gasteiger partial charge in [-0.05, 0) is 43.4 Å². The molecule has 5 heteroatoms. The van der Waals surface area contributed by atoms with Crippen molar-refractivity contribution in [2.45, 2.75) is 45.6 Å². The van der Waals surface area contributed by atoms with Crippen LogP contribution in [0.1, 0.15) is 44.6 Å². The molecule has 1 aromatic carbocycles. The Balaban J connectivity index is 1.93. The van der Waals surface area contributed by atoms with Gasteiger partial charge in [-0.3, -0.25) is 4.79 Å². The van der Waals surface area contributed by atoms with E-state index in [0.717, 1.165) is 30.8 Å². The molecule has 0 saturated carbocycles. The summed E-state index contributed by atoms with van der Waals surface area (Å²) in [5, 5.41) is 2.91. The molecule has 3 N–H and O–H groups in total. The van der Waals surface area contributed by atoms with E-state index in [0.29, 0.717) is 18.9 Å². The number of hydrogen-bond acceptors (Lipinski definition) is 2. The van der Waals surface area contributed by atoms with Crippen molar-refractivity contribution in [3.05, 3.63) is 29.8 Å². The van der Waals surface area contributed by atoms with Crippen LogP contribution in [0, 0.1) is 0 Å². The van der Waals surface area contributed by atoms with Crippen molar-refractivity contribution in [2.75, 3.05) is 18.4 Å². The highest BCUT2D eigenvalue weighted by Crippen LogP contribution is 2.13. The number of guanidine groups is 1. The van der Waals surface area contributed by atoms with Crippen LogP contribution in [0.5, 0.6) is 0 Å². The first-order valence-electron chi connectivity index (χ1n) is 8.12. The molecule has 22 heavy (non-hydrogen) atoms. The van der Waals surface area contributed by atoms with Crippen LogP contribution >= 0.6 is 0 Å². The number of nitrogens with one attached hydrogen (secondary N) is 1. The molecule has 1 aromatic rings. The fourth-order valence-corrected chi connectivity index (χ4v) is 2.59. The predicted molar refractivity (Wildman–Crippen MR) is 90.7 cm³/mol. The van der Waals surface area contributed by atoms with Crippen LogP contribution in [0.25, 0.3) is 0 Å². The molecule has 1 fully saturated rings. The van der Waals surface area contributed by atoms with Crippen LogP contribution in [0.2, 0.25) is 0 Å². The van der Waals surface area contributed by atoms with Crippen LogP contribution in [0.4, 0.5) is 5.69 Å². The molecule has 1 saturated heterocycles. The molecule has 0 atom stereocenters. The Morgan fingerprint density at radius 1 is 1.32 bits per heavy atom. The summed E-state index contributed by atoms with van der Waals surface area (Å²) in [6.07, 6.45) is 5.06. The van der Waals surface area contributed by atoms with Crippen LogP contribution in [0.3, 0.4) is 0 Å².